The first kappa shape index (κ1) is 22.4. The number of hydrogen-bond donors (Lipinski definition) is 1. The number of hydrogen-bond acceptors (Lipinski definition) is 6. The maximum Gasteiger partial charge on any atom is 0.338 e. The number of carbonyl (C=O) groups is 2. The lowest BCUT2D eigenvalue weighted by molar-refractivity contribution is -0.130. The molecule has 0 spiro atoms. The van der Waals surface area contributed by atoms with Crippen LogP contribution in [0, 0.1) is 0 Å². The molecule has 6 heteroatoms. The van der Waals surface area contributed by atoms with E-state index in [1.807, 2.05) is 6.07 Å². The SMILES string of the molecule is C=CC(=O)Oc1ccc(-c2c(OC)cc(-c3ccc(O)cc3)cc2OC(=O)C(=C)C)cc1. The number of ether oxygens (including phenoxy) is 3. The normalized spacial score (nSPS) is 10.2. The van der Waals surface area contributed by atoms with Crippen molar-refractivity contribution < 1.29 is 28.9 Å². The van der Waals surface area contributed by atoms with Crippen LogP contribution in [0.3, 0.4) is 0 Å². The predicted octanol–water partition coefficient (Wildman–Crippen LogP) is 5.31. The summed E-state index contributed by atoms with van der Waals surface area (Å²) in [4.78, 5) is 23.8. The van der Waals surface area contributed by atoms with Crippen LogP contribution >= 0.6 is 0 Å². The Bertz CT molecular complexity index is 1170. The Morgan fingerprint density at radius 2 is 1.47 bits per heavy atom. The van der Waals surface area contributed by atoms with Gasteiger partial charge >= 0.3 is 11.9 Å². The summed E-state index contributed by atoms with van der Waals surface area (Å²) in [6.45, 7) is 8.58. The second-order valence-corrected chi connectivity index (χ2v) is 6.92. The van der Waals surface area contributed by atoms with Gasteiger partial charge < -0.3 is 19.3 Å². The number of aromatic hydroxyl groups is 1. The minimum Gasteiger partial charge on any atom is -0.508 e. The van der Waals surface area contributed by atoms with Crippen molar-refractivity contribution in [2.24, 2.45) is 0 Å². The van der Waals surface area contributed by atoms with E-state index in [0.717, 1.165) is 17.2 Å². The first-order chi connectivity index (χ1) is 15.3. The molecule has 0 radical (unpaired) electrons. The van der Waals surface area contributed by atoms with Gasteiger partial charge in [-0.25, -0.2) is 9.59 Å². The Balaban J connectivity index is 2.13. The largest absolute Gasteiger partial charge is 0.508 e. The van der Waals surface area contributed by atoms with E-state index in [2.05, 4.69) is 13.2 Å². The van der Waals surface area contributed by atoms with Crippen molar-refractivity contribution >= 4 is 11.9 Å². The minimum absolute atomic E-state index is 0.142. The molecule has 0 bridgehead atoms. The fraction of sp³-hybridized carbons (Fsp3) is 0.0769. The van der Waals surface area contributed by atoms with Crippen LogP contribution in [-0.4, -0.2) is 24.2 Å². The number of phenolic OH excluding ortho intramolecular Hbond substituents is 1. The Kier molecular flexibility index (Phi) is 6.75. The van der Waals surface area contributed by atoms with Crippen molar-refractivity contribution in [2.75, 3.05) is 7.11 Å². The van der Waals surface area contributed by atoms with E-state index in [9.17, 15) is 14.7 Å². The van der Waals surface area contributed by atoms with Crippen molar-refractivity contribution in [3.63, 3.8) is 0 Å². The number of rotatable bonds is 7. The highest BCUT2D eigenvalue weighted by molar-refractivity contribution is 5.92. The van der Waals surface area contributed by atoms with Gasteiger partial charge in [0.1, 0.15) is 23.0 Å². The summed E-state index contributed by atoms with van der Waals surface area (Å²) in [5.41, 5.74) is 3.00. The zero-order valence-corrected chi connectivity index (χ0v) is 17.8. The quantitative estimate of drug-likeness (QED) is 0.311. The molecule has 3 aromatic carbocycles. The van der Waals surface area contributed by atoms with Crippen molar-refractivity contribution in [3.8, 4) is 45.3 Å². The Morgan fingerprint density at radius 1 is 0.875 bits per heavy atom. The summed E-state index contributed by atoms with van der Waals surface area (Å²) in [7, 11) is 1.52. The molecule has 0 atom stereocenters. The zero-order chi connectivity index (χ0) is 23.3. The van der Waals surface area contributed by atoms with Gasteiger partial charge in [0.05, 0.1) is 12.7 Å². The van der Waals surface area contributed by atoms with Crippen LogP contribution in [0.1, 0.15) is 6.92 Å². The molecule has 0 unspecified atom stereocenters. The number of carbonyl (C=O) groups excluding carboxylic acids is 2. The number of benzene rings is 3. The second kappa shape index (κ2) is 9.66. The lowest BCUT2D eigenvalue weighted by atomic mass is 9.97. The summed E-state index contributed by atoms with van der Waals surface area (Å²) in [5, 5.41) is 9.58. The van der Waals surface area contributed by atoms with E-state index < -0.39 is 11.9 Å². The van der Waals surface area contributed by atoms with Gasteiger partial charge in [-0.1, -0.05) is 37.4 Å². The molecule has 0 fully saturated rings. The van der Waals surface area contributed by atoms with Gasteiger partial charge in [0.15, 0.2) is 0 Å². The van der Waals surface area contributed by atoms with Crippen molar-refractivity contribution in [3.05, 3.63) is 85.5 Å². The third kappa shape index (κ3) is 5.05. The first-order valence-electron chi connectivity index (χ1n) is 9.66. The second-order valence-electron chi connectivity index (χ2n) is 6.92. The summed E-state index contributed by atoms with van der Waals surface area (Å²) < 4.78 is 16.4. The van der Waals surface area contributed by atoms with E-state index >= 15 is 0 Å². The molecule has 6 nitrogen and oxygen atoms in total. The van der Waals surface area contributed by atoms with Crippen LogP contribution < -0.4 is 14.2 Å². The molecule has 0 amide bonds. The summed E-state index contributed by atoms with van der Waals surface area (Å²) >= 11 is 0. The minimum atomic E-state index is -0.576. The Labute approximate surface area is 186 Å². The first-order valence-corrected chi connectivity index (χ1v) is 9.66. The van der Waals surface area contributed by atoms with Crippen LogP contribution in [0.2, 0.25) is 0 Å². The lowest BCUT2D eigenvalue weighted by Gasteiger charge is -2.17. The molecule has 0 saturated carbocycles. The standard InChI is InChI=1S/C26H22O6/c1-5-24(28)31-21-12-8-18(9-13-21)25-22(30-4)14-19(17-6-10-20(27)11-7-17)15-23(25)32-26(29)16(2)3/h5-15,27H,1-2H2,3-4H3. The van der Waals surface area contributed by atoms with Crippen LogP contribution in [0.25, 0.3) is 22.3 Å². The molecule has 32 heavy (non-hydrogen) atoms. The molecular weight excluding hydrogens is 408 g/mol. The van der Waals surface area contributed by atoms with Crippen LogP contribution in [-0.2, 0) is 9.59 Å². The highest BCUT2D eigenvalue weighted by atomic mass is 16.5. The van der Waals surface area contributed by atoms with E-state index in [4.69, 9.17) is 14.2 Å². The van der Waals surface area contributed by atoms with Gasteiger partial charge in [-0.2, -0.15) is 0 Å². The van der Waals surface area contributed by atoms with E-state index in [1.54, 1.807) is 61.5 Å². The lowest BCUT2D eigenvalue weighted by Crippen LogP contribution is -2.09. The molecule has 3 aromatic rings. The van der Waals surface area contributed by atoms with Crippen LogP contribution in [0.5, 0.6) is 23.0 Å². The molecule has 0 aliphatic carbocycles. The highest BCUT2D eigenvalue weighted by Gasteiger charge is 2.19. The monoisotopic (exact) mass is 430 g/mol. The topological polar surface area (TPSA) is 82.1 Å². The molecule has 0 aliphatic heterocycles. The van der Waals surface area contributed by atoms with Crippen molar-refractivity contribution in [1.82, 2.24) is 0 Å². The molecule has 3 rings (SSSR count). The van der Waals surface area contributed by atoms with Gasteiger partial charge in [0, 0.05) is 11.6 Å². The fourth-order valence-electron chi connectivity index (χ4n) is 2.97. The molecule has 162 valence electrons. The molecule has 0 aromatic heterocycles. The highest BCUT2D eigenvalue weighted by Crippen LogP contribution is 2.43. The summed E-state index contributed by atoms with van der Waals surface area (Å²) in [6.07, 6.45) is 1.08. The van der Waals surface area contributed by atoms with Gasteiger partial charge in [0.25, 0.3) is 0 Å². The smallest absolute Gasteiger partial charge is 0.338 e. The summed E-state index contributed by atoms with van der Waals surface area (Å²) in [6, 6.07) is 16.8. The van der Waals surface area contributed by atoms with Crippen LogP contribution in [0.4, 0.5) is 0 Å². The number of esters is 2. The molecule has 0 heterocycles. The summed E-state index contributed by atoms with van der Waals surface area (Å²) in [5.74, 6) is 0.0897. The third-order valence-electron chi connectivity index (χ3n) is 4.57. The van der Waals surface area contributed by atoms with Crippen molar-refractivity contribution in [1.29, 1.82) is 0 Å². The number of methoxy groups -OCH3 is 1. The molecule has 0 aliphatic rings. The molecule has 1 N–H and O–H groups in total. The van der Waals surface area contributed by atoms with Gasteiger partial charge in [-0.05, 0) is 60.0 Å². The van der Waals surface area contributed by atoms with E-state index in [1.165, 1.54) is 7.11 Å². The average Bonchev–Trinajstić information content (AvgIpc) is 2.79. The van der Waals surface area contributed by atoms with Crippen LogP contribution in [0.15, 0.2) is 85.5 Å². The maximum atomic E-state index is 12.3. The van der Waals surface area contributed by atoms with E-state index in [0.29, 0.717) is 22.6 Å². The van der Waals surface area contributed by atoms with Gasteiger partial charge in [0.2, 0.25) is 0 Å². The zero-order valence-electron chi connectivity index (χ0n) is 17.8. The molecule has 0 saturated heterocycles. The average molecular weight is 430 g/mol. The van der Waals surface area contributed by atoms with Gasteiger partial charge in [-0.15, -0.1) is 0 Å². The molecular formula is C26H22O6. The Morgan fingerprint density at radius 3 is 2.03 bits per heavy atom. The number of phenols is 1. The maximum absolute atomic E-state index is 12.3. The fourth-order valence-corrected chi connectivity index (χ4v) is 2.97. The third-order valence-corrected chi connectivity index (χ3v) is 4.57. The van der Waals surface area contributed by atoms with E-state index in [-0.39, 0.29) is 17.1 Å². The van der Waals surface area contributed by atoms with Gasteiger partial charge in [-0.3, -0.25) is 0 Å². The van der Waals surface area contributed by atoms with Crippen molar-refractivity contribution in [2.45, 2.75) is 6.92 Å². The predicted molar refractivity (Wildman–Crippen MR) is 122 cm³/mol. The Hall–Kier alpha value is -4.32.